The van der Waals surface area contributed by atoms with Gasteiger partial charge in [0.15, 0.2) is 5.58 Å². The molecule has 1 aromatic carbocycles. The lowest BCUT2D eigenvalue weighted by Gasteiger charge is -2.04. The lowest BCUT2D eigenvalue weighted by Crippen LogP contribution is -2.18. The zero-order valence-electron chi connectivity index (χ0n) is 10.3. The van der Waals surface area contributed by atoms with Gasteiger partial charge in [-0.25, -0.2) is 4.79 Å². The summed E-state index contributed by atoms with van der Waals surface area (Å²) in [4.78, 5) is 22.9. The maximum absolute atomic E-state index is 11.6. The van der Waals surface area contributed by atoms with Gasteiger partial charge in [-0.1, -0.05) is 0 Å². The molecule has 2 N–H and O–H groups in total. The Morgan fingerprint density at radius 3 is 2.94 bits per heavy atom. The molecule has 0 aliphatic rings. The lowest BCUT2D eigenvalue weighted by molar-refractivity contribution is -0.116. The number of amides is 1. The summed E-state index contributed by atoms with van der Waals surface area (Å²) in [5.41, 5.74) is 1.82. The van der Waals surface area contributed by atoms with E-state index in [9.17, 15) is 9.59 Å². The molecular weight excluding hydrogens is 234 g/mol. The number of hydrogen-bond acceptors (Lipinski definition) is 4. The topological polar surface area (TPSA) is 76.3 Å². The Labute approximate surface area is 104 Å². The minimum Gasteiger partial charge on any atom is -0.408 e. The van der Waals surface area contributed by atoms with Gasteiger partial charge in [0.2, 0.25) is 5.91 Å². The second kappa shape index (κ2) is 5.05. The smallest absolute Gasteiger partial charge is 0.408 e. The van der Waals surface area contributed by atoms with E-state index in [1.165, 1.54) is 4.57 Å². The van der Waals surface area contributed by atoms with Crippen LogP contribution in [-0.2, 0) is 11.8 Å². The Kier molecular flexibility index (Phi) is 3.47. The van der Waals surface area contributed by atoms with Gasteiger partial charge in [0.1, 0.15) is 0 Å². The highest BCUT2D eigenvalue weighted by molar-refractivity contribution is 5.92. The molecule has 1 heterocycles. The number of carbonyl (C=O) groups is 1. The number of oxazole rings is 1. The van der Waals surface area contributed by atoms with E-state index >= 15 is 0 Å². The lowest BCUT2D eigenvalue weighted by atomic mass is 10.2. The van der Waals surface area contributed by atoms with Crippen LogP contribution in [0.5, 0.6) is 0 Å². The first-order valence-corrected chi connectivity index (χ1v) is 5.66. The molecule has 0 spiro atoms. The molecule has 0 aliphatic carbocycles. The molecule has 0 unspecified atom stereocenters. The molecule has 96 valence electrons. The van der Waals surface area contributed by atoms with Crippen LogP contribution in [0.3, 0.4) is 0 Å². The fourth-order valence-corrected chi connectivity index (χ4v) is 1.67. The van der Waals surface area contributed by atoms with Crippen molar-refractivity contribution in [2.24, 2.45) is 7.05 Å². The van der Waals surface area contributed by atoms with E-state index in [1.807, 2.05) is 0 Å². The van der Waals surface area contributed by atoms with Crippen LogP contribution in [-0.4, -0.2) is 24.1 Å². The van der Waals surface area contributed by atoms with Gasteiger partial charge in [-0.15, -0.1) is 0 Å². The van der Waals surface area contributed by atoms with E-state index in [4.69, 9.17) is 4.42 Å². The third-order valence-corrected chi connectivity index (χ3v) is 2.68. The van der Waals surface area contributed by atoms with Crippen molar-refractivity contribution in [3.05, 3.63) is 28.7 Å². The molecule has 0 bridgehead atoms. The van der Waals surface area contributed by atoms with Crippen LogP contribution in [0.15, 0.2) is 27.4 Å². The van der Waals surface area contributed by atoms with Crippen molar-refractivity contribution >= 4 is 22.7 Å². The summed E-state index contributed by atoms with van der Waals surface area (Å²) in [6, 6.07) is 5.10. The monoisotopic (exact) mass is 249 g/mol. The SMILES string of the molecule is CNCCC(=O)Nc1ccc2oc(=O)n(C)c2c1. The van der Waals surface area contributed by atoms with Crippen molar-refractivity contribution in [1.82, 2.24) is 9.88 Å². The van der Waals surface area contributed by atoms with E-state index in [-0.39, 0.29) is 5.91 Å². The maximum Gasteiger partial charge on any atom is 0.419 e. The van der Waals surface area contributed by atoms with Gasteiger partial charge in [0, 0.05) is 25.7 Å². The van der Waals surface area contributed by atoms with E-state index in [0.717, 1.165) is 0 Å². The number of nitrogens with zero attached hydrogens (tertiary/aromatic N) is 1. The van der Waals surface area contributed by atoms with Crippen molar-refractivity contribution in [2.45, 2.75) is 6.42 Å². The second-order valence-corrected chi connectivity index (χ2v) is 4.01. The predicted octanol–water partition coefficient (Wildman–Crippen LogP) is 0.679. The normalized spacial score (nSPS) is 10.8. The highest BCUT2D eigenvalue weighted by Gasteiger charge is 2.07. The number of aromatic nitrogens is 1. The molecule has 0 saturated carbocycles. The van der Waals surface area contributed by atoms with Crippen molar-refractivity contribution in [3.63, 3.8) is 0 Å². The molecule has 0 radical (unpaired) electrons. The van der Waals surface area contributed by atoms with Gasteiger partial charge >= 0.3 is 5.76 Å². The molecule has 2 aromatic rings. The molecule has 18 heavy (non-hydrogen) atoms. The number of benzene rings is 1. The number of carbonyl (C=O) groups excluding carboxylic acids is 1. The van der Waals surface area contributed by atoms with Crippen LogP contribution in [0, 0.1) is 0 Å². The standard InChI is InChI=1S/C12H15N3O3/c1-13-6-5-11(16)14-8-3-4-10-9(7-8)15(2)12(17)18-10/h3-4,7,13H,5-6H2,1-2H3,(H,14,16). The summed E-state index contributed by atoms with van der Waals surface area (Å²) in [6.07, 6.45) is 0.402. The van der Waals surface area contributed by atoms with Crippen LogP contribution in [0.2, 0.25) is 0 Å². The molecule has 0 atom stereocenters. The second-order valence-electron chi connectivity index (χ2n) is 4.01. The Morgan fingerprint density at radius 2 is 2.22 bits per heavy atom. The fourth-order valence-electron chi connectivity index (χ4n) is 1.67. The first-order chi connectivity index (χ1) is 8.61. The Hall–Kier alpha value is -2.08. The molecule has 6 nitrogen and oxygen atoms in total. The average molecular weight is 249 g/mol. The minimum absolute atomic E-state index is 0.0720. The number of fused-ring (bicyclic) bond motifs is 1. The summed E-state index contributed by atoms with van der Waals surface area (Å²) >= 11 is 0. The number of rotatable bonds is 4. The number of anilines is 1. The quantitative estimate of drug-likeness (QED) is 0.835. The van der Waals surface area contributed by atoms with Crippen LogP contribution in [0.1, 0.15) is 6.42 Å². The van der Waals surface area contributed by atoms with Crippen molar-refractivity contribution in [1.29, 1.82) is 0 Å². The Balaban J connectivity index is 2.22. The minimum atomic E-state index is -0.413. The summed E-state index contributed by atoms with van der Waals surface area (Å²) in [5.74, 6) is -0.485. The van der Waals surface area contributed by atoms with Crippen LogP contribution < -0.4 is 16.4 Å². The number of hydrogen-bond donors (Lipinski definition) is 2. The van der Waals surface area contributed by atoms with E-state index in [0.29, 0.717) is 29.8 Å². The zero-order chi connectivity index (χ0) is 13.1. The molecule has 6 heteroatoms. The van der Waals surface area contributed by atoms with E-state index in [1.54, 1.807) is 32.3 Å². The van der Waals surface area contributed by atoms with Gasteiger partial charge in [0.25, 0.3) is 0 Å². The Bertz CT molecular complexity index is 627. The van der Waals surface area contributed by atoms with Gasteiger partial charge in [0.05, 0.1) is 5.52 Å². The molecule has 0 aliphatic heterocycles. The number of nitrogens with one attached hydrogen (secondary N) is 2. The summed E-state index contributed by atoms with van der Waals surface area (Å²) in [6.45, 7) is 0.623. The molecule has 0 fully saturated rings. The van der Waals surface area contributed by atoms with E-state index in [2.05, 4.69) is 10.6 Å². The number of aryl methyl sites for hydroxylation is 1. The van der Waals surface area contributed by atoms with Crippen LogP contribution in [0.25, 0.3) is 11.1 Å². The highest BCUT2D eigenvalue weighted by atomic mass is 16.4. The first-order valence-electron chi connectivity index (χ1n) is 5.66. The average Bonchev–Trinajstić information content (AvgIpc) is 2.63. The summed E-state index contributed by atoms with van der Waals surface area (Å²) < 4.78 is 6.41. The molecule has 1 aromatic heterocycles. The third-order valence-electron chi connectivity index (χ3n) is 2.68. The fraction of sp³-hybridized carbons (Fsp3) is 0.333. The zero-order valence-corrected chi connectivity index (χ0v) is 10.3. The maximum atomic E-state index is 11.6. The van der Waals surface area contributed by atoms with Crippen molar-refractivity contribution < 1.29 is 9.21 Å². The molecule has 1 amide bonds. The molecule has 0 saturated heterocycles. The molecule has 2 rings (SSSR count). The largest absolute Gasteiger partial charge is 0.419 e. The van der Waals surface area contributed by atoms with Gasteiger partial charge in [-0.05, 0) is 25.2 Å². The van der Waals surface area contributed by atoms with Crippen molar-refractivity contribution in [3.8, 4) is 0 Å². The first kappa shape index (κ1) is 12.4. The summed E-state index contributed by atoms with van der Waals surface area (Å²) in [5, 5.41) is 5.67. The van der Waals surface area contributed by atoms with Crippen molar-refractivity contribution in [2.75, 3.05) is 18.9 Å². The molecular formula is C12H15N3O3. The third kappa shape index (κ3) is 2.43. The van der Waals surface area contributed by atoms with E-state index < -0.39 is 5.76 Å². The summed E-state index contributed by atoms with van der Waals surface area (Å²) in [7, 11) is 3.42. The van der Waals surface area contributed by atoms with Gasteiger partial charge in [-0.3, -0.25) is 9.36 Å². The highest BCUT2D eigenvalue weighted by Crippen LogP contribution is 2.17. The predicted molar refractivity (Wildman–Crippen MR) is 68.6 cm³/mol. The van der Waals surface area contributed by atoms with Gasteiger partial charge < -0.3 is 15.1 Å². The van der Waals surface area contributed by atoms with Crippen LogP contribution >= 0.6 is 0 Å². The van der Waals surface area contributed by atoms with Gasteiger partial charge in [-0.2, -0.15) is 0 Å². The van der Waals surface area contributed by atoms with Crippen LogP contribution in [0.4, 0.5) is 5.69 Å². The Morgan fingerprint density at radius 1 is 1.44 bits per heavy atom.